The van der Waals surface area contributed by atoms with Crippen LogP contribution in [0.4, 0.5) is 0 Å². The summed E-state index contributed by atoms with van der Waals surface area (Å²) < 4.78 is 0. The minimum atomic E-state index is -0.294. The molecule has 3 rings (SSSR count). The minimum absolute atomic E-state index is 0.224. The van der Waals surface area contributed by atoms with Crippen molar-refractivity contribution in [1.29, 1.82) is 0 Å². The number of benzene rings is 1. The number of carbonyl (C=O) groups is 1. The van der Waals surface area contributed by atoms with E-state index in [4.69, 9.17) is 0 Å². The summed E-state index contributed by atoms with van der Waals surface area (Å²) in [5.41, 5.74) is 2.17. The Kier molecular flexibility index (Phi) is 6.04. The number of guanidine groups is 1. The van der Waals surface area contributed by atoms with E-state index in [1.807, 2.05) is 20.2 Å². The van der Waals surface area contributed by atoms with Gasteiger partial charge in [0.1, 0.15) is 0 Å². The van der Waals surface area contributed by atoms with E-state index in [-0.39, 0.29) is 11.3 Å². The first kappa shape index (κ1) is 19.3. The molecule has 0 atom stereocenters. The molecule has 1 amide bonds. The molecule has 3 N–H and O–H groups in total. The molecule has 27 heavy (non-hydrogen) atoms. The molecule has 6 nitrogen and oxygen atoms in total. The second-order valence-corrected chi connectivity index (χ2v) is 7.65. The lowest BCUT2D eigenvalue weighted by molar-refractivity contribution is -0.138. The van der Waals surface area contributed by atoms with E-state index in [0.29, 0.717) is 6.54 Å². The number of hydrogen-bond acceptors (Lipinski definition) is 2. The summed E-state index contributed by atoms with van der Waals surface area (Å²) in [7, 11) is 5.46. The number of H-pyrrole nitrogens is 1. The zero-order valence-corrected chi connectivity index (χ0v) is 16.6. The predicted octanol–water partition coefficient (Wildman–Crippen LogP) is 2.52. The Morgan fingerprint density at radius 3 is 2.67 bits per heavy atom. The smallest absolute Gasteiger partial charge is 0.230 e. The molecule has 1 saturated carbocycles. The maximum Gasteiger partial charge on any atom is 0.230 e. The summed E-state index contributed by atoms with van der Waals surface area (Å²) in [5.74, 6) is 0.981. The van der Waals surface area contributed by atoms with E-state index >= 15 is 0 Å². The zero-order valence-electron chi connectivity index (χ0n) is 16.6. The molecule has 1 heterocycles. The fourth-order valence-corrected chi connectivity index (χ4v) is 4.12. The van der Waals surface area contributed by atoms with Crippen molar-refractivity contribution in [2.24, 2.45) is 10.4 Å². The lowest BCUT2D eigenvalue weighted by Crippen LogP contribution is -2.49. The molecule has 146 valence electrons. The lowest BCUT2D eigenvalue weighted by atomic mass is 9.84. The molecule has 6 heteroatoms. The quantitative estimate of drug-likeness (QED) is 0.541. The van der Waals surface area contributed by atoms with Gasteiger partial charge in [-0.2, -0.15) is 0 Å². The molecule has 1 aromatic heterocycles. The Labute approximate surface area is 161 Å². The average Bonchev–Trinajstić information content (AvgIpc) is 3.32. The summed E-state index contributed by atoms with van der Waals surface area (Å²) in [6.07, 6.45) is 7.12. The number of nitrogens with one attached hydrogen (secondary N) is 3. The topological polar surface area (TPSA) is 72.5 Å². The van der Waals surface area contributed by atoms with Gasteiger partial charge < -0.3 is 20.5 Å². The molecule has 0 saturated heterocycles. The Morgan fingerprint density at radius 1 is 1.22 bits per heavy atom. The van der Waals surface area contributed by atoms with Gasteiger partial charge in [-0.15, -0.1) is 0 Å². The maximum absolute atomic E-state index is 12.7. The van der Waals surface area contributed by atoms with Crippen molar-refractivity contribution in [3.8, 4) is 0 Å². The zero-order chi connectivity index (χ0) is 19.3. The van der Waals surface area contributed by atoms with Gasteiger partial charge in [0.15, 0.2) is 5.96 Å². The number of amides is 1. The highest BCUT2D eigenvalue weighted by Gasteiger charge is 2.42. The van der Waals surface area contributed by atoms with Crippen molar-refractivity contribution < 1.29 is 4.79 Å². The molecule has 1 fully saturated rings. The van der Waals surface area contributed by atoms with Crippen LogP contribution in [0.15, 0.2) is 35.5 Å². The Bertz CT molecular complexity index is 802. The molecule has 2 aromatic rings. The van der Waals surface area contributed by atoms with Crippen LogP contribution in [-0.4, -0.2) is 56.0 Å². The molecular formula is C21H31N5O. The summed E-state index contributed by atoms with van der Waals surface area (Å²) >= 11 is 0. The molecular weight excluding hydrogens is 338 g/mol. The number of nitrogens with zero attached hydrogens (tertiary/aromatic N) is 2. The van der Waals surface area contributed by atoms with Gasteiger partial charge in [0.05, 0.1) is 5.41 Å². The fraction of sp³-hybridized carbons (Fsp3) is 0.524. The molecule has 0 bridgehead atoms. The second-order valence-electron chi connectivity index (χ2n) is 7.65. The molecule has 0 spiro atoms. The van der Waals surface area contributed by atoms with Crippen LogP contribution >= 0.6 is 0 Å². The Balaban J connectivity index is 1.54. The number of carbonyl (C=O) groups excluding carboxylic acids is 1. The van der Waals surface area contributed by atoms with Crippen molar-refractivity contribution in [2.75, 3.05) is 34.2 Å². The highest BCUT2D eigenvalue weighted by molar-refractivity contribution is 5.85. The maximum atomic E-state index is 12.7. The van der Waals surface area contributed by atoms with E-state index < -0.39 is 0 Å². The van der Waals surface area contributed by atoms with Crippen LogP contribution in [0.2, 0.25) is 0 Å². The van der Waals surface area contributed by atoms with Crippen LogP contribution < -0.4 is 10.6 Å². The van der Waals surface area contributed by atoms with Gasteiger partial charge in [0.2, 0.25) is 5.91 Å². The first-order chi connectivity index (χ1) is 13.1. The largest absolute Gasteiger partial charge is 0.361 e. The third-order valence-corrected chi connectivity index (χ3v) is 5.60. The Morgan fingerprint density at radius 2 is 1.96 bits per heavy atom. The number of hydrogen-bond donors (Lipinski definition) is 3. The number of aromatic amines is 1. The van der Waals surface area contributed by atoms with Gasteiger partial charge in [-0.3, -0.25) is 9.79 Å². The number of aromatic nitrogens is 1. The van der Waals surface area contributed by atoms with Crippen LogP contribution in [0.25, 0.3) is 10.9 Å². The molecule has 0 radical (unpaired) electrons. The first-order valence-corrected chi connectivity index (χ1v) is 9.77. The van der Waals surface area contributed by atoms with Crippen molar-refractivity contribution in [3.63, 3.8) is 0 Å². The molecule has 1 aliphatic carbocycles. The van der Waals surface area contributed by atoms with E-state index in [1.54, 1.807) is 11.9 Å². The van der Waals surface area contributed by atoms with E-state index in [9.17, 15) is 4.79 Å². The lowest BCUT2D eigenvalue weighted by Gasteiger charge is -2.31. The monoisotopic (exact) mass is 369 g/mol. The van der Waals surface area contributed by atoms with Gasteiger partial charge in [-0.1, -0.05) is 31.0 Å². The number of fused-ring (bicyclic) bond motifs is 1. The summed E-state index contributed by atoms with van der Waals surface area (Å²) in [4.78, 5) is 22.0. The molecule has 0 aliphatic heterocycles. The summed E-state index contributed by atoms with van der Waals surface area (Å²) in [6.45, 7) is 1.42. The molecule has 1 aromatic carbocycles. The van der Waals surface area contributed by atoms with Gasteiger partial charge in [-0.25, -0.2) is 0 Å². The summed E-state index contributed by atoms with van der Waals surface area (Å²) in [6, 6.07) is 8.34. The second kappa shape index (κ2) is 8.46. The highest BCUT2D eigenvalue weighted by atomic mass is 16.2. The van der Waals surface area contributed by atoms with Crippen LogP contribution in [0.3, 0.4) is 0 Å². The van der Waals surface area contributed by atoms with Crippen molar-refractivity contribution in [3.05, 3.63) is 36.0 Å². The molecule has 0 unspecified atom stereocenters. The highest BCUT2D eigenvalue weighted by Crippen LogP contribution is 2.38. The van der Waals surface area contributed by atoms with Crippen molar-refractivity contribution >= 4 is 22.8 Å². The standard InChI is InChI=1S/C21H31N5O/c1-22-20(25-15-21(11-6-7-12-21)19(27)26(2)3)23-13-10-16-14-24-18-9-5-4-8-17(16)18/h4-5,8-9,14,24H,6-7,10-13,15H2,1-3H3,(H2,22,23,25). The average molecular weight is 370 g/mol. The summed E-state index contributed by atoms with van der Waals surface area (Å²) in [5, 5.41) is 8.04. The van der Waals surface area contributed by atoms with E-state index in [0.717, 1.165) is 44.6 Å². The number of rotatable bonds is 6. The van der Waals surface area contributed by atoms with Gasteiger partial charge in [0.25, 0.3) is 0 Å². The third-order valence-electron chi connectivity index (χ3n) is 5.60. The predicted molar refractivity (Wildman–Crippen MR) is 111 cm³/mol. The minimum Gasteiger partial charge on any atom is -0.361 e. The Hall–Kier alpha value is -2.50. The third kappa shape index (κ3) is 4.26. The normalized spacial score (nSPS) is 16.5. The van der Waals surface area contributed by atoms with Crippen LogP contribution in [0, 0.1) is 5.41 Å². The van der Waals surface area contributed by atoms with Crippen LogP contribution in [0.5, 0.6) is 0 Å². The van der Waals surface area contributed by atoms with Crippen molar-refractivity contribution in [2.45, 2.75) is 32.1 Å². The fourth-order valence-electron chi connectivity index (χ4n) is 4.12. The number of para-hydroxylation sites is 1. The first-order valence-electron chi connectivity index (χ1n) is 9.77. The van der Waals surface area contributed by atoms with Gasteiger partial charge in [0, 0.05) is 51.3 Å². The van der Waals surface area contributed by atoms with Gasteiger partial charge in [-0.05, 0) is 30.9 Å². The van der Waals surface area contributed by atoms with E-state index in [1.165, 1.54) is 16.5 Å². The van der Waals surface area contributed by atoms with Crippen LogP contribution in [-0.2, 0) is 11.2 Å². The number of aliphatic imine (C=N–C) groups is 1. The van der Waals surface area contributed by atoms with Gasteiger partial charge >= 0.3 is 0 Å². The van der Waals surface area contributed by atoms with Crippen molar-refractivity contribution in [1.82, 2.24) is 20.5 Å². The SMILES string of the molecule is CN=C(NCCc1c[nH]c2ccccc12)NCC1(C(=O)N(C)C)CCCC1. The molecule has 1 aliphatic rings. The van der Waals surface area contributed by atoms with E-state index in [2.05, 4.69) is 45.0 Å². The van der Waals surface area contributed by atoms with Crippen LogP contribution in [0.1, 0.15) is 31.2 Å².